The molecule has 3 aromatic rings. The lowest BCUT2D eigenvalue weighted by atomic mass is 9.95. The minimum atomic E-state index is -0.534. The van der Waals surface area contributed by atoms with Crippen LogP contribution >= 0.6 is 9.24 Å². The average Bonchev–Trinajstić information content (AvgIpc) is 2.95. The Kier molecular flexibility index (Phi) is 5.73. The fourth-order valence-corrected chi connectivity index (χ4v) is 3.73. The van der Waals surface area contributed by atoms with Gasteiger partial charge in [0.1, 0.15) is 5.69 Å². The molecular weight excluding hydrogens is 393 g/mol. The van der Waals surface area contributed by atoms with Crippen molar-refractivity contribution in [2.24, 2.45) is 5.73 Å². The number of allylic oxidation sites excluding steroid dienone is 3. The SMILES string of the molecule is COc1cc(CC2=Cc3nc(C(N)=O)cc(-c4ccc(P)cc4)c3CC=C2)ccn1. The molecule has 1 amide bonds. The van der Waals surface area contributed by atoms with Crippen molar-refractivity contribution >= 4 is 26.5 Å². The van der Waals surface area contributed by atoms with Gasteiger partial charge in [0.15, 0.2) is 0 Å². The van der Waals surface area contributed by atoms with Gasteiger partial charge in [0.2, 0.25) is 5.88 Å². The summed E-state index contributed by atoms with van der Waals surface area (Å²) in [7, 11) is 4.29. The van der Waals surface area contributed by atoms with Gasteiger partial charge in [-0.3, -0.25) is 4.79 Å². The Hall–Kier alpha value is -3.30. The highest BCUT2D eigenvalue weighted by molar-refractivity contribution is 7.27. The van der Waals surface area contributed by atoms with Gasteiger partial charge in [-0.15, -0.1) is 9.24 Å². The first-order chi connectivity index (χ1) is 14.5. The number of ether oxygens (including phenoxy) is 1. The highest BCUT2D eigenvalue weighted by Gasteiger charge is 2.17. The van der Waals surface area contributed by atoms with Crippen molar-refractivity contribution in [3.8, 4) is 17.0 Å². The van der Waals surface area contributed by atoms with Crippen molar-refractivity contribution in [3.05, 3.63) is 88.9 Å². The van der Waals surface area contributed by atoms with Gasteiger partial charge in [0.05, 0.1) is 12.8 Å². The summed E-state index contributed by atoms with van der Waals surface area (Å²) in [6.45, 7) is 0. The van der Waals surface area contributed by atoms with Gasteiger partial charge in [-0.2, -0.15) is 0 Å². The number of amides is 1. The van der Waals surface area contributed by atoms with Crippen LogP contribution in [0.2, 0.25) is 0 Å². The van der Waals surface area contributed by atoms with E-state index in [-0.39, 0.29) is 5.69 Å². The maximum absolute atomic E-state index is 12.0. The predicted molar refractivity (Wildman–Crippen MR) is 123 cm³/mol. The van der Waals surface area contributed by atoms with E-state index in [9.17, 15) is 4.79 Å². The Morgan fingerprint density at radius 1 is 1.20 bits per heavy atom. The Balaban J connectivity index is 1.79. The van der Waals surface area contributed by atoms with Gasteiger partial charge >= 0.3 is 0 Å². The van der Waals surface area contributed by atoms with Crippen LogP contribution in [-0.2, 0) is 12.8 Å². The molecule has 2 aromatic heterocycles. The second-order valence-electron chi connectivity index (χ2n) is 7.11. The standard InChI is InChI=1S/C24H22N3O2P/c1-29-23-13-16(9-10-26-23)11-15-3-2-4-19-20(17-5-7-18(30)8-6-17)14-22(24(25)28)27-21(19)12-15/h2-3,5-10,12-14H,4,11,30H2,1H3,(H2,25,28). The number of nitrogens with two attached hydrogens (primary N) is 1. The van der Waals surface area contributed by atoms with Crippen LogP contribution in [-0.4, -0.2) is 23.0 Å². The first-order valence-corrected chi connectivity index (χ1v) is 10.2. The van der Waals surface area contributed by atoms with E-state index in [0.29, 0.717) is 12.3 Å². The number of hydrogen-bond donors (Lipinski definition) is 1. The molecule has 150 valence electrons. The molecule has 1 aliphatic carbocycles. The second-order valence-corrected chi connectivity index (χ2v) is 7.78. The van der Waals surface area contributed by atoms with E-state index in [1.807, 2.05) is 42.5 Å². The van der Waals surface area contributed by atoms with Crippen molar-refractivity contribution in [1.82, 2.24) is 9.97 Å². The molecule has 30 heavy (non-hydrogen) atoms. The minimum Gasteiger partial charge on any atom is -0.481 e. The maximum Gasteiger partial charge on any atom is 0.267 e. The lowest BCUT2D eigenvalue weighted by molar-refractivity contribution is 0.0995. The molecule has 0 bridgehead atoms. The summed E-state index contributed by atoms with van der Waals surface area (Å²) >= 11 is 0. The number of benzene rings is 1. The zero-order chi connectivity index (χ0) is 21.1. The van der Waals surface area contributed by atoms with Crippen LogP contribution in [0.15, 0.2) is 66.4 Å². The lowest BCUT2D eigenvalue weighted by Gasteiger charge is -2.13. The Morgan fingerprint density at radius 3 is 2.73 bits per heavy atom. The van der Waals surface area contributed by atoms with Gasteiger partial charge in [-0.25, -0.2) is 9.97 Å². The summed E-state index contributed by atoms with van der Waals surface area (Å²) < 4.78 is 5.23. The van der Waals surface area contributed by atoms with Crippen molar-refractivity contribution in [2.45, 2.75) is 12.8 Å². The van der Waals surface area contributed by atoms with Crippen LogP contribution in [0.5, 0.6) is 5.88 Å². The molecule has 0 aliphatic heterocycles. The molecule has 0 saturated carbocycles. The molecule has 6 heteroatoms. The number of pyridine rings is 2. The molecular formula is C24H22N3O2P. The second kappa shape index (κ2) is 8.60. The highest BCUT2D eigenvalue weighted by atomic mass is 31.0. The van der Waals surface area contributed by atoms with E-state index in [1.165, 1.54) is 0 Å². The van der Waals surface area contributed by atoms with Gasteiger partial charge < -0.3 is 10.5 Å². The molecule has 1 atom stereocenters. The Labute approximate surface area is 177 Å². The van der Waals surface area contributed by atoms with Crippen LogP contribution in [0.4, 0.5) is 0 Å². The van der Waals surface area contributed by atoms with Crippen LogP contribution in [0.1, 0.15) is 27.3 Å². The normalized spacial score (nSPS) is 12.7. The third-order valence-electron chi connectivity index (χ3n) is 5.02. The summed E-state index contributed by atoms with van der Waals surface area (Å²) in [6, 6.07) is 13.8. The smallest absolute Gasteiger partial charge is 0.267 e. The molecule has 0 radical (unpaired) electrons. The number of aromatic nitrogens is 2. The zero-order valence-corrected chi connectivity index (χ0v) is 17.8. The molecule has 1 aromatic carbocycles. The number of primary amides is 1. The minimum absolute atomic E-state index is 0.266. The Bertz CT molecular complexity index is 1170. The number of fused-ring (bicyclic) bond motifs is 1. The Morgan fingerprint density at radius 2 is 2.00 bits per heavy atom. The van der Waals surface area contributed by atoms with Crippen LogP contribution in [0, 0.1) is 0 Å². The molecule has 0 fully saturated rings. The van der Waals surface area contributed by atoms with E-state index in [2.05, 4.69) is 31.4 Å². The zero-order valence-electron chi connectivity index (χ0n) is 16.6. The summed E-state index contributed by atoms with van der Waals surface area (Å²) in [5.41, 5.74) is 11.9. The van der Waals surface area contributed by atoms with Crippen molar-refractivity contribution in [3.63, 3.8) is 0 Å². The highest BCUT2D eigenvalue weighted by Crippen LogP contribution is 2.31. The van der Waals surface area contributed by atoms with Crippen LogP contribution in [0.3, 0.4) is 0 Å². The van der Waals surface area contributed by atoms with E-state index >= 15 is 0 Å². The number of methoxy groups -OCH3 is 1. The number of carbonyl (C=O) groups excluding carboxylic acids is 1. The largest absolute Gasteiger partial charge is 0.481 e. The molecule has 2 N–H and O–H groups in total. The lowest BCUT2D eigenvalue weighted by Crippen LogP contribution is -2.15. The average molecular weight is 415 g/mol. The quantitative estimate of drug-likeness (QED) is 0.647. The fraction of sp³-hybridized carbons (Fsp3) is 0.125. The van der Waals surface area contributed by atoms with Crippen LogP contribution < -0.4 is 15.8 Å². The third-order valence-corrected chi connectivity index (χ3v) is 5.41. The molecule has 4 rings (SSSR count). The van der Waals surface area contributed by atoms with Gasteiger partial charge in [-0.05, 0) is 64.2 Å². The number of nitrogens with zero attached hydrogens (tertiary/aromatic N) is 2. The number of hydrogen-bond acceptors (Lipinski definition) is 4. The maximum atomic E-state index is 12.0. The van der Waals surface area contributed by atoms with E-state index in [1.54, 1.807) is 19.4 Å². The summed E-state index contributed by atoms with van der Waals surface area (Å²) in [6.07, 6.45) is 9.43. The van der Waals surface area contributed by atoms with Gasteiger partial charge in [0, 0.05) is 12.3 Å². The summed E-state index contributed by atoms with van der Waals surface area (Å²) in [5.74, 6) is 0.0489. The molecule has 0 spiro atoms. The summed E-state index contributed by atoms with van der Waals surface area (Å²) in [4.78, 5) is 20.7. The first-order valence-electron chi connectivity index (χ1n) is 9.59. The monoisotopic (exact) mass is 415 g/mol. The summed E-state index contributed by atoms with van der Waals surface area (Å²) in [5, 5.41) is 1.10. The topological polar surface area (TPSA) is 78.1 Å². The van der Waals surface area contributed by atoms with E-state index in [4.69, 9.17) is 10.5 Å². The van der Waals surface area contributed by atoms with E-state index in [0.717, 1.165) is 45.2 Å². The van der Waals surface area contributed by atoms with Crippen LogP contribution in [0.25, 0.3) is 17.2 Å². The van der Waals surface area contributed by atoms with Gasteiger partial charge in [-0.1, -0.05) is 36.4 Å². The number of carbonyl (C=O) groups is 1. The fourth-order valence-electron chi connectivity index (χ4n) is 3.54. The molecule has 5 nitrogen and oxygen atoms in total. The van der Waals surface area contributed by atoms with Crippen molar-refractivity contribution < 1.29 is 9.53 Å². The van der Waals surface area contributed by atoms with Crippen molar-refractivity contribution in [2.75, 3.05) is 7.11 Å². The number of rotatable bonds is 5. The molecule has 0 saturated heterocycles. The van der Waals surface area contributed by atoms with Gasteiger partial charge in [0.25, 0.3) is 5.91 Å². The molecule has 1 unspecified atom stereocenters. The third kappa shape index (κ3) is 4.32. The van der Waals surface area contributed by atoms with Crippen molar-refractivity contribution in [1.29, 1.82) is 0 Å². The molecule has 1 aliphatic rings. The predicted octanol–water partition coefficient (Wildman–Crippen LogP) is 3.49. The first kappa shape index (κ1) is 20.0. The molecule has 2 heterocycles. The van der Waals surface area contributed by atoms with E-state index < -0.39 is 5.91 Å².